The first-order valence-electron chi connectivity index (χ1n) is 8.03. The third-order valence-corrected chi connectivity index (χ3v) is 6.71. The normalized spacial score (nSPS) is 12.2. The highest BCUT2D eigenvalue weighted by Crippen LogP contribution is 2.32. The van der Waals surface area contributed by atoms with Gasteiger partial charge in [-0.2, -0.15) is 0 Å². The van der Waals surface area contributed by atoms with Gasteiger partial charge >= 0.3 is 0 Å². The first-order chi connectivity index (χ1) is 12.7. The van der Waals surface area contributed by atoms with Gasteiger partial charge in [0.25, 0.3) is 0 Å². The van der Waals surface area contributed by atoms with Crippen molar-refractivity contribution in [3.8, 4) is 11.3 Å². The molecule has 0 radical (unpaired) electrons. The average molecular weight is 398 g/mol. The van der Waals surface area contributed by atoms with Crippen LogP contribution in [0, 0.1) is 0 Å². The van der Waals surface area contributed by atoms with Gasteiger partial charge < -0.3 is 5.32 Å². The number of para-hydroxylation sites is 1. The van der Waals surface area contributed by atoms with Crippen LogP contribution in [0.4, 0.5) is 5.13 Å². The van der Waals surface area contributed by atoms with Crippen molar-refractivity contribution < 1.29 is 4.79 Å². The average Bonchev–Trinajstić information content (AvgIpc) is 3.28. The lowest BCUT2D eigenvalue weighted by Gasteiger charge is -2.08. The highest BCUT2D eigenvalue weighted by molar-refractivity contribution is 8.02. The number of thioether (sulfide) groups is 1. The predicted molar refractivity (Wildman–Crippen MR) is 111 cm³/mol. The second-order valence-corrected chi connectivity index (χ2v) is 9.08. The second kappa shape index (κ2) is 7.57. The molecule has 0 aliphatic heterocycles. The summed E-state index contributed by atoms with van der Waals surface area (Å²) in [5.74, 6) is -0.0665. The van der Waals surface area contributed by atoms with E-state index in [0.717, 1.165) is 25.8 Å². The van der Waals surface area contributed by atoms with Gasteiger partial charge in [0.2, 0.25) is 5.91 Å². The SMILES string of the molecule is CC(Sc1nc2ccccc2s1)C(=O)Nc1nc(-c2ccccc2)cs1. The van der Waals surface area contributed by atoms with Crippen molar-refractivity contribution in [2.24, 2.45) is 0 Å². The van der Waals surface area contributed by atoms with E-state index in [9.17, 15) is 4.79 Å². The summed E-state index contributed by atoms with van der Waals surface area (Å²) >= 11 is 4.52. The molecule has 0 spiro atoms. The molecule has 130 valence electrons. The number of thiazole rings is 2. The molecule has 0 aliphatic carbocycles. The summed E-state index contributed by atoms with van der Waals surface area (Å²) in [6.45, 7) is 1.89. The monoisotopic (exact) mass is 397 g/mol. The van der Waals surface area contributed by atoms with Crippen molar-refractivity contribution >= 4 is 55.7 Å². The van der Waals surface area contributed by atoms with Crippen molar-refractivity contribution in [2.45, 2.75) is 16.5 Å². The van der Waals surface area contributed by atoms with Crippen LogP contribution in [0.1, 0.15) is 6.92 Å². The molecule has 4 nitrogen and oxygen atoms in total. The molecular weight excluding hydrogens is 382 g/mol. The highest BCUT2D eigenvalue weighted by Gasteiger charge is 2.18. The van der Waals surface area contributed by atoms with Gasteiger partial charge in [0.05, 0.1) is 21.2 Å². The molecular formula is C19H15N3OS3. The molecule has 2 aromatic heterocycles. The minimum atomic E-state index is -0.250. The molecule has 1 amide bonds. The number of anilines is 1. The molecule has 2 aromatic carbocycles. The zero-order valence-corrected chi connectivity index (χ0v) is 16.3. The molecule has 1 N–H and O–H groups in total. The van der Waals surface area contributed by atoms with Gasteiger partial charge in [0, 0.05) is 10.9 Å². The van der Waals surface area contributed by atoms with E-state index in [1.54, 1.807) is 11.3 Å². The van der Waals surface area contributed by atoms with Crippen molar-refractivity contribution in [2.75, 3.05) is 5.32 Å². The standard InChI is InChI=1S/C19H15N3OS3/c1-12(25-19-21-14-9-5-6-10-16(14)26-19)17(23)22-18-20-15(11-24-18)13-7-3-2-4-8-13/h2-12H,1H3,(H,20,22,23). The number of carbonyl (C=O) groups excluding carboxylic acids is 1. The van der Waals surface area contributed by atoms with E-state index in [1.165, 1.54) is 23.1 Å². The summed E-state index contributed by atoms with van der Waals surface area (Å²) in [7, 11) is 0. The van der Waals surface area contributed by atoms with E-state index >= 15 is 0 Å². The van der Waals surface area contributed by atoms with E-state index in [0.29, 0.717) is 5.13 Å². The predicted octanol–water partition coefficient (Wildman–Crippen LogP) is 5.54. The molecule has 0 saturated heterocycles. The summed E-state index contributed by atoms with van der Waals surface area (Å²) in [6, 6.07) is 17.9. The molecule has 1 atom stereocenters. The Hall–Kier alpha value is -2.22. The van der Waals surface area contributed by atoms with Crippen molar-refractivity contribution in [1.29, 1.82) is 0 Å². The Kier molecular flexibility index (Phi) is 5.01. The van der Waals surface area contributed by atoms with Crippen LogP contribution in [-0.4, -0.2) is 21.1 Å². The van der Waals surface area contributed by atoms with Crippen LogP contribution < -0.4 is 5.32 Å². The van der Waals surface area contributed by atoms with E-state index in [2.05, 4.69) is 15.3 Å². The molecule has 26 heavy (non-hydrogen) atoms. The lowest BCUT2D eigenvalue weighted by molar-refractivity contribution is -0.115. The van der Waals surface area contributed by atoms with Crippen LogP contribution >= 0.6 is 34.4 Å². The first kappa shape index (κ1) is 17.2. The van der Waals surface area contributed by atoms with Crippen molar-refractivity contribution in [1.82, 2.24) is 9.97 Å². The number of benzene rings is 2. The van der Waals surface area contributed by atoms with E-state index in [4.69, 9.17) is 0 Å². The largest absolute Gasteiger partial charge is 0.301 e. The Morgan fingerprint density at radius 3 is 2.65 bits per heavy atom. The van der Waals surface area contributed by atoms with Crippen LogP contribution in [-0.2, 0) is 4.79 Å². The Balaban J connectivity index is 1.42. The summed E-state index contributed by atoms with van der Waals surface area (Å²) < 4.78 is 2.04. The maximum absolute atomic E-state index is 12.5. The number of hydrogen-bond acceptors (Lipinski definition) is 6. The summed E-state index contributed by atoms with van der Waals surface area (Å²) in [5, 5.41) is 5.23. The van der Waals surface area contributed by atoms with Gasteiger partial charge in [-0.05, 0) is 19.1 Å². The summed E-state index contributed by atoms with van der Waals surface area (Å²) in [6.07, 6.45) is 0. The fourth-order valence-corrected chi connectivity index (χ4v) is 5.32. The number of carbonyl (C=O) groups is 1. The molecule has 0 fully saturated rings. The van der Waals surface area contributed by atoms with E-state index in [1.807, 2.05) is 66.9 Å². The molecule has 0 aliphatic rings. The number of fused-ring (bicyclic) bond motifs is 1. The van der Waals surface area contributed by atoms with E-state index in [-0.39, 0.29) is 11.2 Å². The first-order valence-corrected chi connectivity index (χ1v) is 10.6. The topological polar surface area (TPSA) is 54.9 Å². The third kappa shape index (κ3) is 3.80. The number of nitrogens with one attached hydrogen (secondary N) is 1. The molecule has 4 rings (SSSR count). The fraction of sp³-hybridized carbons (Fsp3) is 0.105. The van der Waals surface area contributed by atoms with Crippen LogP contribution in [0.15, 0.2) is 64.3 Å². The maximum Gasteiger partial charge on any atom is 0.239 e. The Morgan fingerprint density at radius 2 is 1.85 bits per heavy atom. The minimum Gasteiger partial charge on any atom is -0.301 e. The fourth-order valence-electron chi connectivity index (χ4n) is 2.39. The zero-order chi connectivity index (χ0) is 17.9. The molecule has 0 bridgehead atoms. The Labute approximate surface area is 163 Å². The highest BCUT2D eigenvalue weighted by atomic mass is 32.2. The zero-order valence-electron chi connectivity index (χ0n) is 13.9. The Morgan fingerprint density at radius 1 is 1.08 bits per heavy atom. The van der Waals surface area contributed by atoms with Crippen LogP contribution in [0.3, 0.4) is 0 Å². The number of amides is 1. The minimum absolute atomic E-state index is 0.0665. The van der Waals surface area contributed by atoms with E-state index < -0.39 is 0 Å². The van der Waals surface area contributed by atoms with Crippen LogP contribution in [0.25, 0.3) is 21.5 Å². The molecule has 4 aromatic rings. The molecule has 1 unspecified atom stereocenters. The lowest BCUT2D eigenvalue weighted by Crippen LogP contribution is -2.22. The summed E-state index contributed by atoms with van der Waals surface area (Å²) in [5.41, 5.74) is 2.89. The quantitative estimate of drug-likeness (QED) is 0.449. The maximum atomic E-state index is 12.5. The van der Waals surface area contributed by atoms with Gasteiger partial charge in [-0.25, -0.2) is 9.97 Å². The smallest absolute Gasteiger partial charge is 0.239 e. The van der Waals surface area contributed by atoms with Crippen LogP contribution in [0.5, 0.6) is 0 Å². The van der Waals surface area contributed by atoms with Crippen molar-refractivity contribution in [3.63, 3.8) is 0 Å². The number of aromatic nitrogens is 2. The lowest BCUT2D eigenvalue weighted by atomic mass is 10.2. The van der Waals surface area contributed by atoms with Crippen molar-refractivity contribution in [3.05, 3.63) is 60.0 Å². The second-order valence-electron chi connectivity index (χ2n) is 5.60. The number of hydrogen-bond donors (Lipinski definition) is 1. The van der Waals surface area contributed by atoms with Gasteiger partial charge in [-0.1, -0.05) is 54.2 Å². The molecule has 7 heteroatoms. The summed E-state index contributed by atoms with van der Waals surface area (Å²) in [4.78, 5) is 21.6. The molecule has 2 heterocycles. The number of rotatable bonds is 5. The van der Waals surface area contributed by atoms with Gasteiger partial charge in [-0.15, -0.1) is 22.7 Å². The van der Waals surface area contributed by atoms with Gasteiger partial charge in [0.1, 0.15) is 0 Å². The number of nitrogens with zero attached hydrogens (tertiary/aromatic N) is 2. The Bertz CT molecular complexity index is 1010. The molecule has 0 saturated carbocycles. The third-order valence-electron chi connectivity index (χ3n) is 3.72. The van der Waals surface area contributed by atoms with Crippen LogP contribution in [0.2, 0.25) is 0 Å². The van der Waals surface area contributed by atoms with Gasteiger partial charge in [0.15, 0.2) is 9.47 Å². The van der Waals surface area contributed by atoms with Gasteiger partial charge in [-0.3, -0.25) is 4.79 Å².